The molecule has 0 unspecified atom stereocenters. The molecule has 4 rings (SSSR count). The summed E-state index contributed by atoms with van der Waals surface area (Å²) in [6, 6.07) is 16.9. The molecule has 0 bridgehead atoms. The van der Waals surface area contributed by atoms with Crippen molar-refractivity contribution in [3.8, 4) is 0 Å². The maximum absolute atomic E-state index is 11.2. The van der Waals surface area contributed by atoms with Crippen LogP contribution in [0, 0.1) is 5.92 Å². The monoisotopic (exact) mass is 403 g/mol. The van der Waals surface area contributed by atoms with E-state index < -0.39 is 5.97 Å². The van der Waals surface area contributed by atoms with E-state index in [1.165, 1.54) is 27.8 Å². The Morgan fingerprint density at radius 1 is 1.07 bits per heavy atom. The van der Waals surface area contributed by atoms with Crippen molar-refractivity contribution in [3.05, 3.63) is 76.9 Å². The minimum Gasteiger partial charge on any atom is -0.481 e. The number of piperidine rings is 1. The van der Waals surface area contributed by atoms with Gasteiger partial charge in [0.05, 0.1) is 12.5 Å². The standard InChI is InChI=1S/C26H29NO3/c28-26(29)22-9-5-15-27(19-22)16-6-17-30-18-14-25-23-10-3-1-7-20(23)12-13-21-8-2-4-11-24(21)25/h1-4,7-8,10-14,22H,5-6,9,15-19H2,(H,28,29)/t22-/m1/s1. The molecule has 2 aromatic carbocycles. The molecule has 0 aromatic heterocycles. The third-order valence-corrected chi connectivity index (χ3v) is 5.97. The van der Waals surface area contributed by atoms with Crippen LogP contribution in [0.15, 0.2) is 54.6 Å². The second-order valence-corrected chi connectivity index (χ2v) is 8.03. The SMILES string of the molecule is O=C(O)[C@@H]1CCCN(CCCOCC=C2c3ccccc3C=Cc3ccccc32)C1. The Labute approximate surface area is 178 Å². The molecule has 0 saturated carbocycles. The number of carbonyl (C=O) groups is 1. The van der Waals surface area contributed by atoms with Gasteiger partial charge >= 0.3 is 5.97 Å². The van der Waals surface area contributed by atoms with E-state index in [-0.39, 0.29) is 5.92 Å². The molecule has 4 heteroatoms. The Bertz CT molecular complexity index is 895. The topological polar surface area (TPSA) is 49.8 Å². The van der Waals surface area contributed by atoms with Gasteiger partial charge in [0.1, 0.15) is 0 Å². The van der Waals surface area contributed by atoms with Crippen LogP contribution < -0.4 is 0 Å². The number of nitrogens with zero attached hydrogens (tertiary/aromatic N) is 1. The number of carboxylic acid groups (broad SMARTS) is 1. The molecular formula is C26H29NO3. The van der Waals surface area contributed by atoms with Crippen LogP contribution in [-0.2, 0) is 9.53 Å². The minimum absolute atomic E-state index is 0.214. The number of hydrogen-bond donors (Lipinski definition) is 1. The summed E-state index contributed by atoms with van der Waals surface area (Å²) in [6.45, 7) is 3.81. The number of benzene rings is 2. The van der Waals surface area contributed by atoms with Gasteiger partial charge in [0.15, 0.2) is 0 Å². The third kappa shape index (κ3) is 4.89. The molecule has 1 aliphatic heterocycles. The van der Waals surface area contributed by atoms with Crippen molar-refractivity contribution >= 4 is 23.7 Å². The summed E-state index contributed by atoms with van der Waals surface area (Å²) < 4.78 is 5.93. The van der Waals surface area contributed by atoms with Crippen LogP contribution >= 0.6 is 0 Å². The fourth-order valence-corrected chi connectivity index (χ4v) is 4.40. The predicted molar refractivity (Wildman–Crippen MR) is 121 cm³/mol. The predicted octanol–water partition coefficient (Wildman–Crippen LogP) is 4.81. The molecule has 2 aromatic rings. The Kier molecular flexibility index (Phi) is 6.77. The molecule has 30 heavy (non-hydrogen) atoms. The van der Waals surface area contributed by atoms with E-state index in [1.54, 1.807) is 0 Å². The first-order valence-corrected chi connectivity index (χ1v) is 10.8. The van der Waals surface area contributed by atoms with Gasteiger partial charge in [-0.3, -0.25) is 4.79 Å². The molecule has 156 valence electrons. The van der Waals surface area contributed by atoms with Crippen LogP contribution in [0.3, 0.4) is 0 Å². The van der Waals surface area contributed by atoms with Gasteiger partial charge < -0.3 is 14.7 Å². The van der Waals surface area contributed by atoms with E-state index in [9.17, 15) is 9.90 Å². The fraction of sp³-hybridized carbons (Fsp3) is 0.346. The summed E-state index contributed by atoms with van der Waals surface area (Å²) in [6.07, 6.45) is 9.23. The molecule has 0 spiro atoms. The summed E-state index contributed by atoms with van der Waals surface area (Å²) in [5, 5.41) is 9.22. The first-order valence-electron chi connectivity index (χ1n) is 10.8. The van der Waals surface area contributed by atoms with Gasteiger partial charge in [-0.15, -0.1) is 0 Å². The van der Waals surface area contributed by atoms with Gasteiger partial charge in [-0.05, 0) is 53.6 Å². The van der Waals surface area contributed by atoms with Crippen LogP contribution in [0.5, 0.6) is 0 Å². The van der Waals surface area contributed by atoms with E-state index in [2.05, 4.69) is 71.7 Å². The second-order valence-electron chi connectivity index (χ2n) is 8.03. The summed E-state index contributed by atoms with van der Waals surface area (Å²) >= 11 is 0. The maximum atomic E-state index is 11.2. The largest absolute Gasteiger partial charge is 0.481 e. The van der Waals surface area contributed by atoms with E-state index >= 15 is 0 Å². The molecule has 1 heterocycles. The first-order chi connectivity index (χ1) is 14.7. The van der Waals surface area contributed by atoms with Crippen LogP contribution in [0.1, 0.15) is 41.5 Å². The van der Waals surface area contributed by atoms with Crippen molar-refractivity contribution in [1.82, 2.24) is 4.90 Å². The average Bonchev–Trinajstić information content (AvgIpc) is 2.93. The number of carboxylic acids is 1. The molecule has 1 saturated heterocycles. The summed E-state index contributed by atoms with van der Waals surface area (Å²) in [5.41, 5.74) is 6.12. The van der Waals surface area contributed by atoms with Gasteiger partial charge in [-0.1, -0.05) is 66.8 Å². The van der Waals surface area contributed by atoms with Gasteiger partial charge in [-0.2, -0.15) is 0 Å². The molecule has 0 radical (unpaired) electrons. The van der Waals surface area contributed by atoms with E-state index in [0.717, 1.165) is 32.4 Å². The molecule has 4 nitrogen and oxygen atoms in total. The Morgan fingerprint density at radius 2 is 1.73 bits per heavy atom. The lowest BCUT2D eigenvalue weighted by Gasteiger charge is -2.30. The van der Waals surface area contributed by atoms with Crippen LogP contribution in [0.2, 0.25) is 0 Å². The lowest BCUT2D eigenvalue weighted by Crippen LogP contribution is -2.39. The number of ether oxygens (including phenoxy) is 1. The van der Waals surface area contributed by atoms with Crippen LogP contribution in [0.4, 0.5) is 0 Å². The summed E-state index contributed by atoms with van der Waals surface area (Å²) in [4.78, 5) is 13.5. The van der Waals surface area contributed by atoms with E-state index in [1.807, 2.05) is 0 Å². The minimum atomic E-state index is -0.666. The lowest BCUT2D eigenvalue weighted by molar-refractivity contribution is -0.143. The molecule has 1 N–H and O–H groups in total. The van der Waals surface area contributed by atoms with Crippen LogP contribution in [0.25, 0.3) is 17.7 Å². The van der Waals surface area contributed by atoms with Crippen molar-refractivity contribution in [2.45, 2.75) is 19.3 Å². The van der Waals surface area contributed by atoms with Crippen molar-refractivity contribution in [1.29, 1.82) is 0 Å². The number of aliphatic carboxylic acids is 1. The van der Waals surface area contributed by atoms with Crippen molar-refractivity contribution in [2.24, 2.45) is 5.92 Å². The highest BCUT2D eigenvalue weighted by Crippen LogP contribution is 2.33. The number of fused-ring (bicyclic) bond motifs is 2. The molecule has 1 atom stereocenters. The van der Waals surface area contributed by atoms with E-state index in [0.29, 0.717) is 19.8 Å². The van der Waals surface area contributed by atoms with E-state index in [4.69, 9.17) is 4.74 Å². The zero-order valence-electron chi connectivity index (χ0n) is 17.3. The van der Waals surface area contributed by atoms with Gasteiger partial charge in [0.2, 0.25) is 0 Å². The molecule has 1 fully saturated rings. The fourth-order valence-electron chi connectivity index (χ4n) is 4.40. The van der Waals surface area contributed by atoms with Gasteiger partial charge in [-0.25, -0.2) is 0 Å². The zero-order valence-corrected chi connectivity index (χ0v) is 17.3. The van der Waals surface area contributed by atoms with Crippen molar-refractivity contribution in [2.75, 3.05) is 32.8 Å². The number of hydrogen-bond acceptors (Lipinski definition) is 3. The second kappa shape index (κ2) is 9.88. The molecule has 2 aliphatic rings. The molecule has 0 amide bonds. The quantitative estimate of drug-likeness (QED) is 0.576. The number of likely N-dealkylation sites (tertiary alicyclic amines) is 1. The zero-order chi connectivity index (χ0) is 20.8. The smallest absolute Gasteiger partial charge is 0.307 e. The van der Waals surface area contributed by atoms with Gasteiger partial charge in [0.25, 0.3) is 0 Å². The lowest BCUT2D eigenvalue weighted by atomic mass is 9.93. The Morgan fingerprint density at radius 3 is 2.40 bits per heavy atom. The Balaban J connectivity index is 1.34. The average molecular weight is 404 g/mol. The highest BCUT2D eigenvalue weighted by molar-refractivity contribution is 5.93. The third-order valence-electron chi connectivity index (χ3n) is 5.97. The highest BCUT2D eigenvalue weighted by Gasteiger charge is 2.24. The van der Waals surface area contributed by atoms with Gasteiger partial charge in [0, 0.05) is 19.7 Å². The maximum Gasteiger partial charge on any atom is 0.307 e. The molecule has 1 aliphatic carbocycles. The summed E-state index contributed by atoms with van der Waals surface area (Å²) in [7, 11) is 0. The molecular weight excluding hydrogens is 374 g/mol. The first kappa shape index (κ1) is 20.6. The Hall–Kier alpha value is -2.69. The number of rotatable bonds is 7. The highest BCUT2D eigenvalue weighted by atomic mass is 16.5. The van der Waals surface area contributed by atoms with Crippen molar-refractivity contribution in [3.63, 3.8) is 0 Å². The summed E-state index contributed by atoms with van der Waals surface area (Å²) in [5.74, 6) is -0.880. The van der Waals surface area contributed by atoms with Crippen LogP contribution in [-0.4, -0.2) is 48.8 Å². The van der Waals surface area contributed by atoms with Crippen molar-refractivity contribution < 1.29 is 14.6 Å². The normalized spacial score (nSPS) is 18.4.